The largest absolute Gasteiger partial charge is 0.359 e. The van der Waals surface area contributed by atoms with E-state index in [1.165, 1.54) is 12.8 Å². The van der Waals surface area contributed by atoms with E-state index in [2.05, 4.69) is 21.2 Å². The number of nitrogens with one attached hydrogen (secondary N) is 1. The minimum absolute atomic E-state index is 0.0561. The van der Waals surface area contributed by atoms with Crippen LogP contribution in [0.4, 0.5) is 0 Å². The highest BCUT2D eigenvalue weighted by Crippen LogP contribution is 2.56. The van der Waals surface area contributed by atoms with E-state index in [9.17, 15) is 4.79 Å². The minimum Gasteiger partial charge on any atom is -0.359 e. The van der Waals surface area contributed by atoms with E-state index in [4.69, 9.17) is 0 Å². The van der Waals surface area contributed by atoms with Crippen LogP contribution in [0, 0.1) is 11.3 Å². The molecule has 2 rings (SSSR count). The molecule has 68 valence electrons. The van der Waals surface area contributed by atoms with Crippen molar-refractivity contribution in [3.8, 4) is 0 Å². The first kappa shape index (κ1) is 8.54. The van der Waals surface area contributed by atoms with Gasteiger partial charge in [-0.3, -0.25) is 4.79 Å². The Morgan fingerprint density at radius 1 is 1.67 bits per heavy atom. The van der Waals surface area contributed by atoms with Crippen molar-refractivity contribution in [3.05, 3.63) is 0 Å². The van der Waals surface area contributed by atoms with Crippen LogP contribution in [-0.4, -0.2) is 17.8 Å². The van der Waals surface area contributed by atoms with Gasteiger partial charge in [0.15, 0.2) is 0 Å². The first-order valence-corrected chi connectivity index (χ1v) is 5.47. The summed E-state index contributed by atoms with van der Waals surface area (Å²) in [6.45, 7) is 0. The van der Waals surface area contributed by atoms with Gasteiger partial charge in [0.2, 0.25) is 5.91 Å². The highest BCUT2D eigenvalue weighted by Gasteiger charge is 2.55. The Balaban J connectivity index is 2.23. The summed E-state index contributed by atoms with van der Waals surface area (Å²) in [7, 11) is 1.74. The van der Waals surface area contributed by atoms with Crippen LogP contribution < -0.4 is 5.32 Å². The number of rotatable bonds is 1. The topological polar surface area (TPSA) is 29.1 Å². The predicted octanol–water partition coefficient (Wildman–Crippen LogP) is 1.69. The summed E-state index contributed by atoms with van der Waals surface area (Å²) in [4.78, 5) is 12.1. The van der Waals surface area contributed by atoms with Crippen molar-refractivity contribution >= 4 is 21.8 Å². The van der Waals surface area contributed by atoms with Gasteiger partial charge in [-0.1, -0.05) is 15.9 Å². The molecule has 12 heavy (non-hydrogen) atoms. The third-order valence-electron chi connectivity index (χ3n) is 3.47. The summed E-state index contributed by atoms with van der Waals surface area (Å²) >= 11 is 3.63. The van der Waals surface area contributed by atoms with E-state index in [0.717, 1.165) is 18.8 Å². The van der Waals surface area contributed by atoms with E-state index in [-0.39, 0.29) is 11.3 Å². The molecule has 2 aliphatic carbocycles. The minimum atomic E-state index is -0.0561. The first-order chi connectivity index (χ1) is 5.69. The second-order valence-electron chi connectivity index (χ2n) is 4.05. The highest BCUT2D eigenvalue weighted by atomic mass is 79.9. The lowest BCUT2D eigenvalue weighted by Gasteiger charge is -2.29. The van der Waals surface area contributed by atoms with Crippen LogP contribution in [0.2, 0.25) is 0 Å². The number of amides is 1. The van der Waals surface area contributed by atoms with Crippen molar-refractivity contribution in [2.45, 2.75) is 30.5 Å². The van der Waals surface area contributed by atoms with Gasteiger partial charge in [-0.05, 0) is 31.6 Å². The van der Waals surface area contributed by atoms with E-state index in [1.54, 1.807) is 7.05 Å². The molecule has 2 aliphatic rings. The zero-order valence-corrected chi connectivity index (χ0v) is 8.86. The lowest BCUT2D eigenvalue weighted by Crippen LogP contribution is -2.41. The Bertz CT molecular complexity index is 219. The average molecular weight is 232 g/mol. The zero-order chi connectivity index (χ0) is 8.77. The standard InChI is InChI=1S/C9H14BrNO/c1-11-8(12)9-3-2-6(5-9)4-7(9)10/h6-7H,2-5H2,1H3,(H,11,12). The van der Waals surface area contributed by atoms with Gasteiger partial charge in [-0.25, -0.2) is 0 Å². The Kier molecular flexibility index (Phi) is 1.94. The molecule has 0 aliphatic heterocycles. The second-order valence-corrected chi connectivity index (χ2v) is 5.15. The molecule has 2 saturated carbocycles. The Morgan fingerprint density at radius 3 is 2.83 bits per heavy atom. The fraction of sp³-hybridized carbons (Fsp3) is 0.889. The Labute approximate surface area is 81.2 Å². The number of carbonyl (C=O) groups excluding carboxylic acids is 1. The molecular formula is C9H14BrNO. The quantitative estimate of drug-likeness (QED) is 0.685. The second kappa shape index (κ2) is 2.72. The molecule has 0 spiro atoms. The summed E-state index contributed by atoms with van der Waals surface area (Å²) in [5.74, 6) is 1.04. The summed E-state index contributed by atoms with van der Waals surface area (Å²) in [6.07, 6.45) is 4.61. The third-order valence-corrected chi connectivity index (χ3v) is 4.72. The lowest BCUT2D eigenvalue weighted by atomic mass is 9.83. The van der Waals surface area contributed by atoms with Crippen LogP contribution in [0.3, 0.4) is 0 Å². The number of alkyl halides is 1. The number of halogens is 1. The molecule has 2 fully saturated rings. The fourth-order valence-electron chi connectivity index (χ4n) is 2.78. The molecule has 2 nitrogen and oxygen atoms in total. The van der Waals surface area contributed by atoms with Crippen molar-refractivity contribution < 1.29 is 4.79 Å². The molecule has 2 bridgehead atoms. The molecule has 0 radical (unpaired) electrons. The fourth-order valence-corrected chi connectivity index (χ4v) is 3.93. The van der Waals surface area contributed by atoms with Gasteiger partial charge in [-0.2, -0.15) is 0 Å². The van der Waals surface area contributed by atoms with Gasteiger partial charge in [0.25, 0.3) is 0 Å². The van der Waals surface area contributed by atoms with Gasteiger partial charge in [0.1, 0.15) is 0 Å². The van der Waals surface area contributed by atoms with Crippen molar-refractivity contribution in [2.24, 2.45) is 11.3 Å². The lowest BCUT2D eigenvalue weighted by molar-refractivity contribution is -0.129. The summed E-state index contributed by atoms with van der Waals surface area (Å²) in [5, 5.41) is 2.79. The third kappa shape index (κ3) is 0.951. The molecule has 1 N–H and O–H groups in total. The molecule has 3 atom stereocenters. The van der Waals surface area contributed by atoms with Crippen LogP contribution in [-0.2, 0) is 4.79 Å². The van der Waals surface area contributed by atoms with Crippen LogP contribution in [0.15, 0.2) is 0 Å². The normalized spacial score (nSPS) is 44.8. The van der Waals surface area contributed by atoms with Crippen molar-refractivity contribution in [2.75, 3.05) is 7.05 Å². The summed E-state index contributed by atoms with van der Waals surface area (Å²) in [6, 6.07) is 0. The highest BCUT2D eigenvalue weighted by molar-refractivity contribution is 9.09. The SMILES string of the molecule is CNC(=O)C12CCC(CC1Br)C2. The number of hydrogen-bond donors (Lipinski definition) is 1. The molecule has 0 aromatic heterocycles. The summed E-state index contributed by atoms with van der Waals surface area (Å²) in [5.41, 5.74) is -0.0561. The Hall–Kier alpha value is -0.0500. The maximum atomic E-state index is 11.7. The average Bonchev–Trinajstić information content (AvgIpc) is 2.60. The number of carbonyl (C=O) groups is 1. The number of hydrogen-bond acceptors (Lipinski definition) is 1. The van der Waals surface area contributed by atoms with E-state index in [0.29, 0.717) is 4.83 Å². The molecule has 1 amide bonds. The molecule has 0 aromatic carbocycles. The van der Waals surface area contributed by atoms with E-state index >= 15 is 0 Å². The monoisotopic (exact) mass is 231 g/mol. The van der Waals surface area contributed by atoms with Gasteiger partial charge in [0.05, 0.1) is 5.41 Å². The Morgan fingerprint density at radius 2 is 2.42 bits per heavy atom. The van der Waals surface area contributed by atoms with Crippen molar-refractivity contribution in [3.63, 3.8) is 0 Å². The van der Waals surface area contributed by atoms with Crippen LogP contribution in [0.1, 0.15) is 25.7 Å². The molecule has 0 heterocycles. The van der Waals surface area contributed by atoms with Gasteiger partial charge < -0.3 is 5.32 Å². The van der Waals surface area contributed by atoms with Gasteiger partial charge in [0, 0.05) is 11.9 Å². The van der Waals surface area contributed by atoms with Crippen LogP contribution in [0.5, 0.6) is 0 Å². The summed E-state index contributed by atoms with van der Waals surface area (Å²) < 4.78 is 0. The molecule has 0 saturated heterocycles. The first-order valence-electron chi connectivity index (χ1n) is 4.55. The van der Waals surface area contributed by atoms with E-state index < -0.39 is 0 Å². The predicted molar refractivity (Wildman–Crippen MR) is 51.2 cm³/mol. The zero-order valence-electron chi connectivity index (χ0n) is 7.27. The molecule has 3 unspecified atom stereocenters. The number of fused-ring (bicyclic) bond motifs is 2. The maximum Gasteiger partial charge on any atom is 0.227 e. The smallest absolute Gasteiger partial charge is 0.227 e. The van der Waals surface area contributed by atoms with Crippen LogP contribution in [0.25, 0.3) is 0 Å². The van der Waals surface area contributed by atoms with Crippen molar-refractivity contribution in [1.82, 2.24) is 5.32 Å². The van der Waals surface area contributed by atoms with Crippen molar-refractivity contribution in [1.29, 1.82) is 0 Å². The van der Waals surface area contributed by atoms with E-state index in [1.807, 2.05) is 0 Å². The molecular weight excluding hydrogens is 218 g/mol. The van der Waals surface area contributed by atoms with Crippen LogP contribution >= 0.6 is 15.9 Å². The molecule has 0 aromatic rings. The maximum absolute atomic E-state index is 11.7. The molecule has 3 heteroatoms. The van der Waals surface area contributed by atoms with Gasteiger partial charge >= 0.3 is 0 Å². The van der Waals surface area contributed by atoms with Gasteiger partial charge in [-0.15, -0.1) is 0 Å².